The van der Waals surface area contributed by atoms with Crippen molar-refractivity contribution in [3.8, 4) is 11.8 Å². The maximum Gasteiger partial charge on any atom is 0.278 e. The molecule has 148 valence electrons. The highest BCUT2D eigenvalue weighted by Gasteiger charge is 2.25. The average molecular weight is 383 g/mol. The van der Waals surface area contributed by atoms with Gasteiger partial charge in [0, 0.05) is 12.2 Å². The standard InChI is InChI=1S/C21H26N4O3/c1-27-19-7-5-18(6-8-19)24-13-11-23(12-14-24)17-21(26)25(10-3-9-22)16-20-4-2-15-28-20/h2,4-8,15H,3,10-14,16-17H2,1H3/p+1. The number of nitriles is 1. The summed E-state index contributed by atoms with van der Waals surface area (Å²) in [6.07, 6.45) is 1.93. The van der Waals surface area contributed by atoms with Crippen LogP contribution in [0.15, 0.2) is 47.1 Å². The molecule has 1 fully saturated rings. The van der Waals surface area contributed by atoms with Crippen molar-refractivity contribution in [1.29, 1.82) is 5.26 Å². The van der Waals surface area contributed by atoms with Gasteiger partial charge in [0.15, 0.2) is 6.54 Å². The molecule has 0 unspecified atom stereocenters. The van der Waals surface area contributed by atoms with Crippen LogP contribution in [0.25, 0.3) is 0 Å². The second kappa shape index (κ2) is 9.81. The molecule has 1 aromatic carbocycles. The van der Waals surface area contributed by atoms with Crippen LogP contribution in [0.2, 0.25) is 0 Å². The van der Waals surface area contributed by atoms with Crippen LogP contribution < -0.4 is 14.5 Å². The molecule has 1 aliphatic rings. The fourth-order valence-corrected chi connectivity index (χ4v) is 3.44. The van der Waals surface area contributed by atoms with Crippen LogP contribution in [0.3, 0.4) is 0 Å². The van der Waals surface area contributed by atoms with Crippen molar-refractivity contribution < 1.29 is 18.8 Å². The van der Waals surface area contributed by atoms with E-state index in [1.165, 1.54) is 10.6 Å². The highest BCUT2D eigenvalue weighted by molar-refractivity contribution is 5.77. The highest BCUT2D eigenvalue weighted by Crippen LogP contribution is 2.19. The summed E-state index contributed by atoms with van der Waals surface area (Å²) >= 11 is 0. The van der Waals surface area contributed by atoms with E-state index in [4.69, 9.17) is 14.4 Å². The van der Waals surface area contributed by atoms with Crippen LogP contribution in [0, 0.1) is 11.3 Å². The van der Waals surface area contributed by atoms with Crippen molar-refractivity contribution in [2.24, 2.45) is 0 Å². The number of rotatable bonds is 8. The van der Waals surface area contributed by atoms with Gasteiger partial charge in [0.1, 0.15) is 11.5 Å². The molecule has 2 aromatic rings. The Kier molecular flexibility index (Phi) is 6.93. The Morgan fingerprint density at radius 2 is 2.04 bits per heavy atom. The fourth-order valence-electron chi connectivity index (χ4n) is 3.44. The molecule has 0 aliphatic carbocycles. The van der Waals surface area contributed by atoms with Gasteiger partial charge in [-0.1, -0.05) is 0 Å². The van der Waals surface area contributed by atoms with Gasteiger partial charge >= 0.3 is 0 Å². The molecule has 28 heavy (non-hydrogen) atoms. The van der Waals surface area contributed by atoms with Gasteiger partial charge < -0.3 is 23.9 Å². The molecule has 0 radical (unpaired) electrons. The predicted octanol–water partition coefficient (Wildman–Crippen LogP) is 0.936. The third-order valence-electron chi connectivity index (χ3n) is 5.08. The summed E-state index contributed by atoms with van der Waals surface area (Å²) in [6.45, 7) is 4.93. The topological polar surface area (TPSA) is 74.2 Å². The van der Waals surface area contributed by atoms with Crippen molar-refractivity contribution in [2.45, 2.75) is 13.0 Å². The van der Waals surface area contributed by atoms with E-state index in [9.17, 15) is 4.79 Å². The zero-order valence-electron chi connectivity index (χ0n) is 16.3. The average Bonchev–Trinajstić information content (AvgIpc) is 3.25. The third kappa shape index (κ3) is 5.27. The minimum absolute atomic E-state index is 0.0690. The zero-order chi connectivity index (χ0) is 19.8. The van der Waals surface area contributed by atoms with E-state index in [1.54, 1.807) is 18.3 Å². The van der Waals surface area contributed by atoms with Gasteiger partial charge in [0.25, 0.3) is 5.91 Å². The Morgan fingerprint density at radius 3 is 2.64 bits per heavy atom. The molecule has 1 amide bonds. The van der Waals surface area contributed by atoms with Crippen LogP contribution in [0.4, 0.5) is 5.69 Å². The number of benzene rings is 1. The first-order valence-electron chi connectivity index (χ1n) is 9.59. The van der Waals surface area contributed by atoms with E-state index in [-0.39, 0.29) is 5.91 Å². The van der Waals surface area contributed by atoms with Gasteiger partial charge in [-0.25, -0.2) is 0 Å². The summed E-state index contributed by atoms with van der Waals surface area (Å²) in [4.78, 5) is 18.1. The summed E-state index contributed by atoms with van der Waals surface area (Å²) in [5.74, 6) is 1.66. The number of piperazine rings is 1. The highest BCUT2D eigenvalue weighted by atomic mass is 16.5. The molecule has 1 aromatic heterocycles. The second-order valence-corrected chi connectivity index (χ2v) is 6.91. The molecule has 3 rings (SSSR count). The fraction of sp³-hybridized carbons (Fsp3) is 0.429. The Labute approximate surface area is 165 Å². The number of nitrogens with zero attached hydrogens (tertiary/aromatic N) is 3. The Bertz CT molecular complexity index is 775. The van der Waals surface area contributed by atoms with E-state index >= 15 is 0 Å². The van der Waals surface area contributed by atoms with Gasteiger partial charge in [-0.05, 0) is 36.4 Å². The van der Waals surface area contributed by atoms with E-state index < -0.39 is 0 Å². The minimum Gasteiger partial charge on any atom is -0.497 e. The van der Waals surface area contributed by atoms with Gasteiger partial charge in [-0.3, -0.25) is 4.79 Å². The maximum atomic E-state index is 12.8. The summed E-state index contributed by atoms with van der Waals surface area (Å²) in [7, 11) is 1.67. The Balaban J connectivity index is 1.51. The third-order valence-corrected chi connectivity index (χ3v) is 5.08. The Hall–Kier alpha value is -2.98. The molecule has 0 spiro atoms. The van der Waals surface area contributed by atoms with E-state index in [2.05, 4.69) is 23.1 Å². The number of hydrogen-bond acceptors (Lipinski definition) is 5. The number of furan rings is 1. The molecule has 0 saturated carbocycles. The van der Waals surface area contributed by atoms with Crippen LogP contribution in [0.5, 0.6) is 5.75 Å². The summed E-state index contributed by atoms with van der Waals surface area (Å²) in [5, 5.41) is 8.88. The lowest BCUT2D eigenvalue weighted by atomic mass is 10.2. The molecular weight excluding hydrogens is 356 g/mol. The maximum absolute atomic E-state index is 12.8. The minimum atomic E-state index is 0.0690. The van der Waals surface area contributed by atoms with Crippen molar-refractivity contribution >= 4 is 11.6 Å². The van der Waals surface area contributed by atoms with Crippen LogP contribution >= 0.6 is 0 Å². The molecular formula is C21H27N4O3+. The lowest BCUT2D eigenvalue weighted by molar-refractivity contribution is -0.892. The number of carbonyl (C=O) groups excluding carboxylic acids is 1. The summed E-state index contributed by atoms with van der Waals surface area (Å²) in [5.41, 5.74) is 1.18. The SMILES string of the molecule is COc1ccc(N2CC[NH+](CC(=O)N(CCC#N)Cc3ccco3)CC2)cc1. The van der Waals surface area contributed by atoms with Crippen molar-refractivity contribution in [3.05, 3.63) is 48.4 Å². The molecule has 0 bridgehead atoms. The quantitative estimate of drug-likeness (QED) is 0.734. The summed E-state index contributed by atoms with van der Waals surface area (Å²) in [6, 6.07) is 13.9. The number of quaternary nitrogens is 1. The normalized spacial score (nSPS) is 14.5. The Morgan fingerprint density at radius 1 is 1.29 bits per heavy atom. The van der Waals surface area contributed by atoms with Crippen LogP contribution in [-0.2, 0) is 11.3 Å². The van der Waals surface area contributed by atoms with Gasteiger partial charge in [0.05, 0.1) is 58.6 Å². The number of amides is 1. The van der Waals surface area contributed by atoms with Gasteiger partial charge in [-0.15, -0.1) is 0 Å². The monoisotopic (exact) mass is 383 g/mol. The summed E-state index contributed by atoms with van der Waals surface area (Å²) < 4.78 is 10.6. The second-order valence-electron chi connectivity index (χ2n) is 6.91. The lowest BCUT2D eigenvalue weighted by Gasteiger charge is -2.34. The number of nitrogens with one attached hydrogen (secondary N) is 1. The number of hydrogen-bond donors (Lipinski definition) is 1. The smallest absolute Gasteiger partial charge is 0.278 e. The molecule has 2 heterocycles. The van der Waals surface area contributed by atoms with Gasteiger partial charge in [-0.2, -0.15) is 5.26 Å². The lowest BCUT2D eigenvalue weighted by Crippen LogP contribution is -3.15. The molecule has 0 atom stereocenters. The van der Waals surface area contributed by atoms with Gasteiger partial charge in [0.2, 0.25) is 0 Å². The predicted molar refractivity (Wildman–Crippen MR) is 105 cm³/mol. The van der Waals surface area contributed by atoms with Crippen molar-refractivity contribution in [2.75, 3.05) is 51.3 Å². The number of ether oxygens (including phenoxy) is 1. The first kappa shape index (κ1) is 19.8. The number of methoxy groups -OCH3 is 1. The van der Waals surface area contributed by atoms with Crippen LogP contribution in [-0.4, -0.2) is 57.2 Å². The van der Waals surface area contributed by atoms with Crippen molar-refractivity contribution in [1.82, 2.24) is 4.90 Å². The zero-order valence-corrected chi connectivity index (χ0v) is 16.3. The number of carbonyl (C=O) groups is 1. The molecule has 1 saturated heterocycles. The first-order valence-corrected chi connectivity index (χ1v) is 9.59. The molecule has 7 nitrogen and oxygen atoms in total. The van der Waals surface area contributed by atoms with E-state index in [0.29, 0.717) is 26.1 Å². The molecule has 1 N–H and O–H groups in total. The van der Waals surface area contributed by atoms with E-state index in [0.717, 1.165) is 37.7 Å². The largest absolute Gasteiger partial charge is 0.497 e. The molecule has 7 heteroatoms. The molecule has 1 aliphatic heterocycles. The van der Waals surface area contributed by atoms with Crippen LogP contribution in [0.1, 0.15) is 12.2 Å². The van der Waals surface area contributed by atoms with Crippen molar-refractivity contribution in [3.63, 3.8) is 0 Å². The number of anilines is 1. The van der Waals surface area contributed by atoms with E-state index in [1.807, 2.05) is 24.3 Å². The first-order chi connectivity index (χ1) is 13.7.